The number of hydrogen-bond acceptors (Lipinski definition) is 5. The van der Waals surface area contributed by atoms with Crippen molar-refractivity contribution in [2.24, 2.45) is 10.9 Å². The van der Waals surface area contributed by atoms with Crippen molar-refractivity contribution in [1.82, 2.24) is 20.0 Å². The lowest BCUT2D eigenvalue weighted by Gasteiger charge is -2.38. The molecule has 0 spiro atoms. The minimum atomic E-state index is -0.0474. The SMILES string of the molecule is CCOC(=O)C1CCN(C(=NC)NCC(C)N2CCN(C)CC2)CC1. The predicted molar refractivity (Wildman–Crippen MR) is 101 cm³/mol. The number of piperidine rings is 1. The van der Waals surface area contributed by atoms with Gasteiger partial charge in [-0.1, -0.05) is 0 Å². The zero-order valence-electron chi connectivity index (χ0n) is 16.3. The molecule has 0 bridgehead atoms. The molecule has 0 aliphatic carbocycles. The number of hydrogen-bond donors (Lipinski definition) is 1. The van der Waals surface area contributed by atoms with Crippen LogP contribution < -0.4 is 5.32 Å². The van der Waals surface area contributed by atoms with E-state index in [0.717, 1.165) is 64.6 Å². The standard InChI is InChI=1S/C18H35N5O2/c1-5-25-17(24)16-6-8-23(9-7-16)18(19-3)20-14-15(2)22-12-10-21(4)11-13-22/h15-16H,5-14H2,1-4H3,(H,19,20). The van der Waals surface area contributed by atoms with Crippen molar-refractivity contribution in [2.45, 2.75) is 32.7 Å². The van der Waals surface area contributed by atoms with E-state index in [2.05, 4.69) is 39.0 Å². The maximum Gasteiger partial charge on any atom is 0.309 e. The minimum absolute atomic E-state index is 0.0403. The first kappa shape index (κ1) is 20.0. The average molecular weight is 354 g/mol. The van der Waals surface area contributed by atoms with Gasteiger partial charge in [0.05, 0.1) is 12.5 Å². The topological polar surface area (TPSA) is 60.4 Å². The largest absolute Gasteiger partial charge is 0.466 e. The number of nitrogens with zero attached hydrogens (tertiary/aromatic N) is 4. The molecule has 0 aromatic rings. The van der Waals surface area contributed by atoms with E-state index in [1.807, 2.05) is 14.0 Å². The molecule has 2 heterocycles. The summed E-state index contributed by atoms with van der Waals surface area (Å²) in [4.78, 5) is 23.5. The summed E-state index contributed by atoms with van der Waals surface area (Å²) in [5.74, 6) is 0.940. The second-order valence-electron chi connectivity index (χ2n) is 7.13. The Morgan fingerprint density at radius 1 is 1.20 bits per heavy atom. The van der Waals surface area contributed by atoms with Crippen LogP contribution in [-0.2, 0) is 9.53 Å². The molecule has 0 aromatic heterocycles. The van der Waals surface area contributed by atoms with Gasteiger partial charge < -0.3 is 19.9 Å². The maximum absolute atomic E-state index is 11.9. The number of piperazine rings is 1. The van der Waals surface area contributed by atoms with Gasteiger partial charge in [-0.2, -0.15) is 0 Å². The summed E-state index contributed by atoms with van der Waals surface area (Å²) in [7, 11) is 4.02. The fourth-order valence-electron chi connectivity index (χ4n) is 3.55. The van der Waals surface area contributed by atoms with Crippen molar-refractivity contribution in [3.63, 3.8) is 0 Å². The molecule has 2 saturated heterocycles. The van der Waals surface area contributed by atoms with Crippen LogP contribution in [0.2, 0.25) is 0 Å². The van der Waals surface area contributed by atoms with Crippen LogP contribution in [0.1, 0.15) is 26.7 Å². The predicted octanol–water partition coefficient (Wildman–Crippen LogP) is 0.473. The molecule has 7 heteroatoms. The van der Waals surface area contributed by atoms with E-state index in [0.29, 0.717) is 12.6 Å². The summed E-state index contributed by atoms with van der Waals surface area (Å²) in [5.41, 5.74) is 0. The zero-order valence-corrected chi connectivity index (χ0v) is 16.3. The van der Waals surface area contributed by atoms with Crippen molar-refractivity contribution in [1.29, 1.82) is 0 Å². The van der Waals surface area contributed by atoms with E-state index < -0.39 is 0 Å². The summed E-state index contributed by atoms with van der Waals surface area (Å²) < 4.78 is 5.14. The van der Waals surface area contributed by atoms with Crippen LogP contribution in [0.3, 0.4) is 0 Å². The third kappa shape index (κ3) is 5.85. The first-order valence-electron chi connectivity index (χ1n) is 9.60. The number of carbonyl (C=O) groups excluding carboxylic acids is 1. The van der Waals surface area contributed by atoms with Crippen molar-refractivity contribution < 1.29 is 9.53 Å². The molecule has 1 atom stereocenters. The zero-order chi connectivity index (χ0) is 18.2. The van der Waals surface area contributed by atoms with Crippen LogP contribution in [0.15, 0.2) is 4.99 Å². The number of ether oxygens (including phenoxy) is 1. The molecule has 1 unspecified atom stereocenters. The molecule has 2 rings (SSSR count). The molecular weight excluding hydrogens is 318 g/mol. The number of carbonyl (C=O) groups is 1. The third-order valence-electron chi connectivity index (χ3n) is 5.34. The number of guanidine groups is 1. The molecule has 2 aliphatic heterocycles. The van der Waals surface area contributed by atoms with Crippen molar-refractivity contribution in [3.8, 4) is 0 Å². The Kier molecular flexibility index (Phi) is 7.96. The fourth-order valence-corrected chi connectivity index (χ4v) is 3.55. The van der Waals surface area contributed by atoms with Crippen molar-refractivity contribution in [3.05, 3.63) is 0 Å². The van der Waals surface area contributed by atoms with Crippen LogP contribution >= 0.6 is 0 Å². The Bertz CT molecular complexity index is 441. The lowest BCUT2D eigenvalue weighted by Crippen LogP contribution is -2.53. The van der Waals surface area contributed by atoms with Gasteiger partial charge in [-0.05, 0) is 33.7 Å². The molecule has 0 radical (unpaired) electrons. The normalized spacial score (nSPS) is 22.7. The van der Waals surface area contributed by atoms with Gasteiger partial charge in [0.2, 0.25) is 0 Å². The number of likely N-dealkylation sites (N-methyl/N-ethyl adjacent to an activating group) is 1. The average Bonchev–Trinajstić information content (AvgIpc) is 2.63. The fraction of sp³-hybridized carbons (Fsp3) is 0.889. The highest BCUT2D eigenvalue weighted by Gasteiger charge is 2.27. The molecule has 1 N–H and O–H groups in total. The summed E-state index contributed by atoms with van der Waals surface area (Å²) in [6.45, 7) is 11.7. The monoisotopic (exact) mass is 353 g/mol. The lowest BCUT2D eigenvalue weighted by atomic mass is 9.97. The van der Waals surface area contributed by atoms with Crippen LogP contribution in [0.4, 0.5) is 0 Å². The smallest absolute Gasteiger partial charge is 0.309 e. The number of esters is 1. The van der Waals surface area contributed by atoms with Gasteiger partial charge in [-0.3, -0.25) is 14.7 Å². The van der Waals surface area contributed by atoms with E-state index in [9.17, 15) is 4.79 Å². The van der Waals surface area contributed by atoms with E-state index in [-0.39, 0.29) is 11.9 Å². The van der Waals surface area contributed by atoms with Gasteiger partial charge in [-0.15, -0.1) is 0 Å². The van der Waals surface area contributed by atoms with Crippen LogP contribution in [-0.4, -0.2) is 99.2 Å². The lowest BCUT2D eigenvalue weighted by molar-refractivity contribution is -0.149. The molecule has 25 heavy (non-hydrogen) atoms. The van der Waals surface area contributed by atoms with E-state index in [1.165, 1.54) is 0 Å². The van der Waals surface area contributed by atoms with E-state index in [1.54, 1.807) is 0 Å². The minimum Gasteiger partial charge on any atom is -0.466 e. The molecule has 7 nitrogen and oxygen atoms in total. The second-order valence-corrected chi connectivity index (χ2v) is 7.13. The maximum atomic E-state index is 11.9. The molecule has 144 valence electrons. The van der Waals surface area contributed by atoms with Crippen molar-refractivity contribution >= 4 is 11.9 Å². The number of rotatable bonds is 5. The van der Waals surface area contributed by atoms with E-state index >= 15 is 0 Å². The molecule has 2 aliphatic rings. The third-order valence-corrected chi connectivity index (χ3v) is 5.34. The summed E-state index contributed by atoms with van der Waals surface area (Å²) in [6.07, 6.45) is 1.68. The van der Waals surface area contributed by atoms with Crippen LogP contribution in [0.5, 0.6) is 0 Å². The Morgan fingerprint density at radius 3 is 2.40 bits per heavy atom. The molecule has 0 amide bonds. The van der Waals surface area contributed by atoms with Gasteiger partial charge in [0.25, 0.3) is 0 Å². The first-order chi connectivity index (χ1) is 12.0. The molecule has 0 aromatic carbocycles. The molecular formula is C18H35N5O2. The highest BCUT2D eigenvalue weighted by atomic mass is 16.5. The highest BCUT2D eigenvalue weighted by molar-refractivity contribution is 5.80. The Balaban J connectivity index is 1.74. The van der Waals surface area contributed by atoms with Gasteiger partial charge in [0, 0.05) is 58.9 Å². The first-order valence-corrected chi connectivity index (χ1v) is 9.60. The summed E-state index contributed by atoms with van der Waals surface area (Å²) in [5, 5.41) is 3.52. The van der Waals surface area contributed by atoms with Gasteiger partial charge in [0.15, 0.2) is 5.96 Å². The summed E-state index contributed by atoms with van der Waals surface area (Å²) in [6, 6.07) is 0.488. The number of aliphatic imine (C=N–C) groups is 1. The highest BCUT2D eigenvalue weighted by Crippen LogP contribution is 2.18. The summed E-state index contributed by atoms with van der Waals surface area (Å²) >= 11 is 0. The Morgan fingerprint density at radius 2 is 1.84 bits per heavy atom. The van der Waals surface area contributed by atoms with Crippen molar-refractivity contribution in [2.75, 3.05) is 66.5 Å². The van der Waals surface area contributed by atoms with Gasteiger partial charge in [0.1, 0.15) is 0 Å². The van der Waals surface area contributed by atoms with Crippen LogP contribution in [0, 0.1) is 5.92 Å². The molecule has 2 fully saturated rings. The Labute approximate surface area is 152 Å². The Hall–Kier alpha value is -1.34. The van der Waals surface area contributed by atoms with E-state index in [4.69, 9.17) is 4.74 Å². The molecule has 0 saturated carbocycles. The van der Waals surface area contributed by atoms with Gasteiger partial charge >= 0.3 is 5.97 Å². The van der Waals surface area contributed by atoms with Gasteiger partial charge in [-0.25, -0.2) is 0 Å². The number of likely N-dealkylation sites (tertiary alicyclic amines) is 1. The quantitative estimate of drug-likeness (QED) is 0.441. The second kappa shape index (κ2) is 9.97. The van der Waals surface area contributed by atoms with Crippen LogP contribution in [0.25, 0.3) is 0 Å². The number of nitrogens with one attached hydrogen (secondary N) is 1.